The smallest absolute Gasteiger partial charge is 0.314 e. The second kappa shape index (κ2) is 9.80. The van der Waals surface area contributed by atoms with Gasteiger partial charge in [-0.2, -0.15) is 0 Å². The normalized spacial score (nSPS) is 6.88. The van der Waals surface area contributed by atoms with Gasteiger partial charge in [-0.05, 0) is 0 Å². The van der Waals surface area contributed by atoms with E-state index in [1.807, 2.05) is 0 Å². The third-order valence-corrected chi connectivity index (χ3v) is 0.167. The number of allylic oxidation sites excluding steroid dienone is 2. The molecule has 0 aromatic rings. The lowest BCUT2D eigenvalue weighted by molar-refractivity contribution is 0.405. The van der Waals surface area contributed by atoms with Crippen molar-refractivity contribution < 1.29 is 14.4 Å². The summed E-state index contributed by atoms with van der Waals surface area (Å²) in [5.41, 5.74) is 0. The Hall–Kier alpha value is -0.370. The molecule has 0 fully saturated rings. The molecule has 3 nitrogen and oxygen atoms in total. The maximum Gasteiger partial charge on any atom is 0.314 e. The fourth-order valence-electron chi connectivity index (χ4n) is 0. The number of hydrogen-bond donors (Lipinski definition) is 2. The summed E-state index contributed by atoms with van der Waals surface area (Å²) >= 11 is 0. The van der Waals surface area contributed by atoms with Crippen LogP contribution in [0, 0.1) is 0 Å². The predicted molar refractivity (Wildman–Crippen MR) is 33.8 cm³/mol. The summed E-state index contributed by atoms with van der Waals surface area (Å²) < 4.78 is 8.74. The zero-order valence-corrected chi connectivity index (χ0v) is 5.37. The Morgan fingerprint density at radius 1 is 1.25 bits per heavy atom. The van der Waals surface area contributed by atoms with Gasteiger partial charge >= 0.3 is 8.25 Å². The van der Waals surface area contributed by atoms with Crippen LogP contribution < -0.4 is 0 Å². The highest BCUT2D eigenvalue weighted by molar-refractivity contribution is 7.30. The fourth-order valence-corrected chi connectivity index (χ4v) is 0. The Labute approximate surface area is 48.9 Å². The molecule has 0 aliphatic carbocycles. The van der Waals surface area contributed by atoms with E-state index in [1.165, 1.54) is 0 Å². The van der Waals surface area contributed by atoms with Crippen molar-refractivity contribution in [3.05, 3.63) is 25.3 Å². The standard InChI is InChI=1S/C4H6.H3O3P/c1-3-4-2;1-4(2)3/h3-4H,1-2H2;4H,(H2,1,2,3). The van der Waals surface area contributed by atoms with Gasteiger partial charge in [0.2, 0.25) is 0 Å². The molecule has 0 amide bonds. The summed E-state index contributed by atoms with van der Waals surface area (Å²) in [6, 6.07) is 0. The van der Waals surface area contributed by atoms with E-state index in [1.54, 1.807) is 12.2 Å². The molecular formula is C4H9O3P. The first-order valence-electron chi connectivity index (χ1n) is 1.80. The van der Waals surface area contributed by atoms with Crippen molar-refractivity contribution in [2.24, 2.45) is 0 Å². The summed E-state index contributed by atoms with van der Waals surface area (Å²) in [4.78, 5) is 14.3. The average Bonchev–Trinajstić information content (AvgIpc) is 1.65. The average molecular weight is 136 g/mol. The van der Waals surface area contributed by atoms with E-state index >= 15 is 0 Å². The Balaban J connectivity index is 0. The molecule has 48 valence electrons. The molecule has 0 spiro atoms. The van der Waals surface area contributed by atoms with Crippen molar-refractivity contribution in [3.8, 4) is 0 Å². The second-order valence-electron chi connectivity index (χ2n) is 0.754. The summed E-state index contributed by atoms with van der Waals surface area (Å²) in [7, 11) is -3.13. The first-order chi connectivity index (χ1) is 3.65. The van der Waals surface area contributed by atoms with Gasteiger partial charge in [-0.15, -0.1) is 0 Å². The Morgan fingerprint density at radius 3 is 1.38 bits per heavy atom. The van der Waals surface area contributed by atoms with Crippen molar-refractivity contribution in [2.75, 3.05) is 0 Å². The van der Waals surface area contributed by atoms with Gasteiger partial charge in [0.25, 0.3) is 0 Å². The number of rotatable bonds is 1. The van der Waals surface area contributed by atoms with Crippen molar-refractivity contribution in [1.82, 2.24) is 0 Å². The fraction of sp³-hybridized carbons (Fsp3) is 0. The third-order valence-electron chi connectivity index (χ3n) is 0.167. The molecule has 0 saturated carbocycles. The quantitative estimate of drug-likeness (QED) is 0.412. The molecule has 0 aliphatic heterocycles. The minimum Gasteiger partial charge on any atom is -0.326 e. The van der Waals surface area contributed by atoms with Crippen LogP contribution >= 0.6 is 8.25 Å². The van der Waals surface area contributed by atoms with Gasteiger partial charge < -0.3 is 9.79 Å². The molecule has 0 heterocycles. The number of hydrogen-bond acceptors (Lipinski definition) is 1. The zero-order chi connectivity index (χ0) is 6.99. The predicted octanol–water partition coefficient (Wildman–Crippen LogP) is 0.719. The van der Waals surface area contributed by atoms with Gasteiger partial charge in [-0.3, -0.25) is 4.57 Å². The first-order valence-corrected chi connectivity index (χ1v) is 3.10. The van der Waals surface area contributed by atoms with Gasteiger partial charge in [-0.25, -0.2) is 0 Å². The molecule has 0 saturated heterocycles. The highest BCUT2D eigenvalue weighted by atomic mass is 31.1. The molecule has 0 aromatic carbocycles. The molecule has 0 unspecified atom stereocenters. The lowest BCUT2D eigenvalue weighted by Crippen LogP contribution is -1.38. The minimum atomic E-state index is -3.13. The monoisotopic (exact) mass is 136 g/mol. The summed E-state index contributed by atoms with van der Waals surface area (Å²) in [6.45, 7) is 6.72. The van der Waals surface area contributed by atoms with Gasteiger partial charge in [0.1, 0.15) is 0 Å². The van der Waals surface area contributed by atoms with E-state index < -0.39 is 8.25 Å². The van der Waals surface area contributed by atoms with Crippen molar-refractivity contribution in [1.29, 1.82) is 0 Å². The van der Waals surface area contributed by atoms with Gasteiger partial charge in [0.05, 0.1) is 0 Å². The summed E-state index contributed by atoms with van der Waals surface area (Å²) in [5.74, 6) is 0. The topological polar surface area (TPSA) is 57.5 Å². The van der Waals surface area contributed by atoms with Crippen molar-refractivity contribution in [2.45, 2.75) is 0 Å². The third kappa shape index (κ3) is 304. The van der Waals surface area contributed by atoms with Gasteiger partial charge in [-0.1, -0.05) is 25.3 Å². The van der Waals surface area contributed by atoms with Crippen LogP contribution in [-0.4, -0.2) is 9.79 Å². The largest absolute Gasteiger partial charge is 0.326 e. The van der Waals surface area contributed by atoms with Crippen LogP contribution in [0.4, 0.5) is 0 Å². The van der Waals surface area contributed by atoms with E-state index in [9.17, 15) is 0 Å². The summed E-state index contributed by atoms with van der Waals surface area (Å²) in [5, 5.41) is 0. The highest BCUT2D eigenvalue weighted by Gasteiger charge is 1.61. The van der Waals surface area contributed by atoms with E-state index in [0.29, 0.717) is 0 Å². The van der Waals surface area contributed by atoms with E-state index in [2.05, 4.69) is 13.2 Å². The molecular weight excluding hydrogens is 127 g/mol. The van der Waals surface area contributed by atoms with E-state index in [4.69, 9.17) is 14.4 Å². The Kier molecular flexibility index (Phi) is 13.0. The van der Waals surface area contributed by atoms with Crippen LogP contribution in [0.15, 0.2) is 25.3 Å². The van der Waals surface area contributed by atoms with Gasteiger partial charge in [0, 0.05) is 0 Å². The van der Waals surface area contributed by atoms with E-state index in [0.717, 1.165) is 0 Å². The zero-order valence-electron chi connectivity index (χ0n) is 4.37. The SMILES string of the molecule is C=CC=C.O=[PH](O)O. The highest BCUT2D eigenvalue weighted by Crippen LogP contribution is 1.98. The van der Waals surface area contributed by atoms with Crippen LogP contribution in [0.5, 0.6) is 0 Å². The Bertz CT molecular complexity index is 79.3. The molecule has 0 bridgehead atoms. The molecule has 0 aliphatic rings. The molecule has 4 heteroatoms. The molecule has 0 aromatic heterocycles. The van der Waals surface area contributed by atoms with Crippen LogP contribution in [0.25, 0.3) is 0 Å². The first kappa shape index (κ1) is 10.6. The molecule has 0 atom stereocenters. The van der Waals surface area contributed by atoms with Crippen LogP contribution in [0.1, 0.15) is 0 Å². The van der Waals surface area contributed by atoms with E-state index in [-0.39, 0.29) is 0 Å². The van der Waals surface area contributed by atoms with Crippen LogP contribution in [0.2, 0.25) is 0 Å². The molecule has 0 radical (unpaired) electrons. The summed E-state index contributed by atoms with van der Waals surface area (Å²) in [6.07, 6.45) is 3.28. The Morgan fingerprint density at radius 2 is 1.38 bits per heavy atom. The maximum absolute atomic E-state index is 8.74. The lowest BCUT2D eigenvalue weighted by Gasteiger charge is -1.61. The van der Waals surface area contributed by atoms with Crippen LogP contribution in [-0.2, 0) is 4.57 Å². The lowest BCUT2D eigenvalue weighted by atomic mass is 10.6. The van der Waals surface area contributed by atoms with Crippen LogP contribution in [0.3, 0.4) is 0 Å². The minimum absolute atomic E-state index is 1.64. The maximum atomic E-state index is 8.74. The molecule has 0 rings (SSSR count). The molecule has 8 heavy (non-hydrogen) atoms. The van der Waals surface area contributed by atoms with Crippen molar-refractivity contribution >= 4 is 8.25 Å². The molecule has 2 N–H and O–H groups in total. The van der Waals surface area contributed by atoms with Crippen molar-refractivity contribution in [3.63, 3.8) is 0 Å². The second-order valence-corrected chi connectivity index (χ2v) is 1.32. The van der Waals surface area contributed by atoms with Gasteiger partial charge in [0.15, 0.2) is 0 Å².